The second kappa shape index (κ2) is 7.50. The molecule has 3 aromatic rings. The first-order valence-electron chi connectivity index (χ1n) is 7.91. The Morgan fingerprint density at radius 2 is 1.22 bits per heavy atom. The third-order valence-corrected chi connectivity index (χ3v) is 3.96. The molecule has 0 aliphatic heterocycles. The lowest BCUT2D eigenvalue weighted by atomic mass is 9.89. The molecule has 0 radical (unpaired) electrons. The van der Waals surface area contributed by atoms with Crippen LogP contribution in [0.5, 0.6) is 5.75 Å². The largest absolute Gasteiger partial charge is 0.494 e. The molecule has 0 bridgehead atoms. The highest BCUT2D eigenvalue weighted by molar-refractivity contribution is 5.41. The van der Waals surface area contributed by atoms with Gasteiger partial charge in [0, 0.05) is 11.6 Å². The average Bonchev–Trinajstić information content (AvgIpc) is 2.62. The molecule has 0 heterocycles. The predicted molar refractivity (Wildman–Crippen MR) is 95.7 cm³/mol. The van der Waals surface area contributed by atoms with Crippen molar-refractivity contribution in [2.75, 3.05) is 12.3 Å². The molecule has 0 saturated carbocycles. The van der Waals surface area contributed by atoms with Crippen molar-refractivity contribution in [3.8, 4) is 5.75 Å². The van der Waals surface area contributed by atoms with Gasteiger partial charge in [-0.1, -0.05) is 60.7 Å². The summed E-state index contributed by atoms with van der Waals surface area (Å²) in [5, 5.41) is 0. The zero-order chi connectivity index (χ0) is 15.9. The molecule has 0 spiro atoms. The molecule has 0 amide bonds. The Morgan fingerprint density at radius 3 is 1.74 bits per heavy atom. The van der Waals surface area contributed by atoms with E-state index in [0.717, 1.165) is 17.9 Å². The summed E-state index contributed by atoms with van der Waals surface area (Å²) in [6.45, 7) is 0.665. The van der Waals surface area contributed by atoms with E-state index >= 15 is 0 Å². The lowest BCUT2D eigenvalue weighted by Gasteiger charge is -2.18. The minimum absolute atomic E-state index is 0.339. The van der Waals surface area contributed by atoms with Crippen molar-refractivity contribution in [1.29, 1.82) is 0 Å². The number of hydrogen-bond donors (Lipinski definition) is 1. The molecule has 0 saturated heterocycles. The van der Waals surface area contributed by atoms with Crippen LogP contribution in [0.1, 0.15) is 23.5 Å². The minimum Gasteiger partial charge on any atom is -0.494 e. The van der Waals surface area contributed by atoms with E-state index in [1.165, 1.54) is 11.1 Å². The van der Waals surface area contributed by atoms with Gasteiger partial charge in [-0.15, -0.1) is 0 Å². The van der Waals surface area contributed by atoms with Crippen molar-refractivity contribution < 1.29 is 4.74 Å². The third kappa shape index (κ3) is 4.13. The molecule has 0 aliphatic carbocycles. The Balaban J connectivity index is 1.71. The zero-order valence-corrected chi connectivity index (χ0v) is 13.1. The smallest absolute Gasteiger partial charge is 0.119 e. The van der Waals surface area contributed by atoms with Gasteiger partial charge in [-0.2, -0.15) is 0 Å². The van der Waals surface area contributed by atoms with E-state index in [9.17, 15) is 0 Å². The van der Waals surface area contributed by atoms with E-state index in [1.807, 2.05) is 24.3 Å². The van der Waals surface area contributed by atoms with Crippen LogP contribution in [0.2, 0.25) is 0 Å². The lowest BCUT2D eigenvalue weighted by molar-refractivity contribution is 0.304. The molecule has 0 aromatic heterocycles. The zero-order valence-electron chi connectivity index (χ0n) is 13.1. The van der Waals surface area contributed by atoms with Crippen LogP contribution >= 0.6 is 0 Å². The molecular formula is C21H21NO. The van der Waals surface area contributed by atoms with Gasteiger partial charge in [0.1, 0.15) is 5.75 Å². The monoisotopic (exact) mass is 303 g/mol. The van der Waals surface area contributed by atoms with E-state index in [2.05, 4.69) is 60.7 Å². The van der Waals surface area contributed by atoms with Gasteiger partial charge in [0.25, 0.3) is 0 Å². The lowest BCUT2D eigenvalue weighted by Crippen LogP contribution is -2.07. The topological polar surface area (TPSA) is 35.2 Å². The standard InChI is InChI=1S/C21H21NO/c22-19-11-13-20(14-12-19)23-16-15-21(17-7-3-1-4-8-17)18-9-5-2-6-10-18/h1-14,21H,15-16,22H2. The summed E-state index contributed by atoms with van der Waals surface area (Å²) in [6, 6.07) is 28.7. The summed E-state index contributed by atoms with van der Waals surface area (Å²) in [5.74, 6) is 1.20. The molecule has 0 fully saturated rings. The molecule has 0 aliphatic rings. The fourth-order valence-corrected chi connectivity index (χ4v) is 2.76. The van der Waals surface area contributed by atoms with E-state index in [4.69, 9.17) is 10.5 Å². The molecular weight excluding hydrogens is 282 g/mol. The van der Waals surface area contributed by atoms with Gasteiger partial charge < -0.3 is 10.5 Å². The van der Waals surface area contributed by atoms with Gasteiger partial charge in [0.15, 0.2) is 0 Å². The maximum Gasteiger partial charge on any atom is 0.119 e. The number of nitrogen functional groups attached to an aromatic ring is 1. The predicted octanol–water partition coefficient (Wildman–Crippen LogP) is 4.87. The summed E-state index contributed by atoms with van der Waals surface area (Å²) in [7, 11) is 0. The Labute approximate surface area is 137 Å². The number of hydrogen-bond acceptors (Lipinski definition) is 2. The molecule has 3 aromatic carbocycles. The summed E-state index contributed by atoms with van der Waals surface area (Å²) in [6.07, 6.45) is 0.929. The van der Waals surface area contributed by atoms with Crippen molar-refractivity contribution in [1.82, 2.24) is 0 Å². The van der Waals surface area contributed by atoms with Gasteiger partial charge in [0.05, 0.1) is 6.61 Å². The van der Waals surface area contributed by atoms with Crippen LogP contribution < -0.4 is 10.5 Å². The SMILES string of the molecule is Nc1ccc(OCCC(c2ccccc2)c2ccccc2)cc1. The van der Waals surface area contributed by atoms with Crippen LogP contribution in [0, 0.1) is 0 Å². The molecule has 23 heavy (non-hydrogen) atoms. The maximum absolute atomic E-state index is 5.88. The summed E-state index contributed by atoms with van der Waals surface area (Å²) in [4.78, 5) is 0. The van der Waals surface area contributed by atoms with E-state index in [-0.39, 0.29) is 0 Å². The minimum atomic E-state index is 0.339. The Kier molecular flexibility index (Phi) is 4.95. The summed E-state index contributed by atoms with van der Waals surface area (Å²) >= 11 is 0. The number of benzene rings is 3. The average molecular weight is 303 g/mol. The molecule has 2 nitrogen and oxygen atoms in total. The van der Waals surface area contributed by atoms with Crippen molar-refractivity contribution >= 4 is 5.69 Å². The molecule has 0 atom stereocenters. The first-order valence-corrected chi connectivity index (χ1v) is 7.91. The van der Waals surface area contributed by atoms with Gasteiger partial charge in [-0.05, 0) is 41.8 Å². The van der Waals surface area contributed by atoms with Crippen molar-refractivity contribution in [3.05, 3.63) is 96.1 Å². The summed E-state index contributed by atoms with van der Waals surface area (Å²) < 4.78 is 5.88. The number of ether oxygens (including phenoxy) is 1. The molecule has 0 unspecified atom stereocenters. The summed E-state index contributed by atoms with van der Waals surface area (Å²) in [5.41, 5.74) is 9.09. The normalized spacial score (nSPS) is 10.7. The molecule has 3 rings (SSSR count). The number of nitrogens with two attached hydrogens (primary N) is 1. The highest BCUT2D eigenvalue weighted by Gasteiger charge is 2.13. The van der Waals surface area contributed by atoms with Gasteiger partial charge in [-0.3, -0.25) is 0 Å². The number of rotatable bonds is 6. The Hall–Kier alpha value is -2.74. The third-order valence-electron chi connectivity index (χ3n) is 3.96. The van der Waals surface area contributed by atoms with Crippen LogP contribution in [0.4, 0.5) is 5.69 Å². The maximum atomic E-state index is 5.88. The fourth-order valence-electron chi connectivity index (χ4n) is 2.76. The van der Waals surface area contributed by atoms with Crippen molar-refractivity contribution in [2.24, 2.45) is 0 Å². The molecule has 116 valence electrons. The quantitative estimate of drug-likeness (QED) is 0.659. The molecule has 2 heteroatoms. The second-order valence-electron chi connectivity index (χ2n) is 5.58. The van der Waals surface area contributed by atoms with Crippen LogP contribution in [0.25, 0.3) is 0 Å². The second-order valence-corrected chi connectivity index (χ2v) is 5.58. The van der Waals surface area contributed by atoms with Gasteiger partial charge >= 0.3 is 0 Å². The van der Waals surface area contributed by atoms with Crippen LogP contribution in [0.15, 0.2) is 84.9 Å². The van der Waals surface area contributed by atoms with Gasteiger partial charge in [0.2, 0.25) is 0 Å². The van der Waals surface area contributed by atoms with E-state index < -0.39 is 0 Å². The fraction of sp³-hybridized carbons (Fsp3) is 0.143. The molecule has 2 N–H and O–H groups in total. The van der Waals surface area contributed by atoms with Crippen LogP contribution in [-0.2, 0) is 0 Å². The highest BCUT2D eigenvalue weighted by Crippen LogP contribution is 2.28. The number of anilines is 1. The van der Waals surface area contributed by atoms with Crippen LogP contribution in [0.3, 0.4) is 0 Å². The first-order chi connectivity index (χ1) is 11.3. The highest BCUT2D eigenvalue weighted by atomic mass is 16.5. The first kappa shape index (κ1) is 15.2. The Bertz CT molecular complexity index is 668. The van der Waals surface area contributed by atoms with E-state index in [1.54, 1.807) is 0 Å². The Morgan fingerprint density at radius 1 is 0.696 bits per heavy atom. The van der Waals surface area contributed by atoms with Crippen molar-refractivity contribution in [3.63, 3.8) is 0 Å². The van der Waals surface area contributed by atoms with Crippen molar-refractivity contribution in [2.45, 2.75) is 12.3 Å². The van der Waals surface area contributed by atoms with Crippen LogP contribution in [-0.4, -0.2) is 6.61 Å². The van der Waals surface area contributed by atoms with E-state index in [0.29, 0.717) is 12.5 Å². The van der Waals surface area contributed by atoms with Gasteiger partial charge in [-0.25, -0.2) is 0 Å².